The van der Waals surface area contributed by atoms with E-state index >= 15 is 0 Å². The van der Waals surface area contributed by atoms with Crippen LogP contribution in [0.4, 0.5) is 0 Å². The fourth-order valence-electron chi connectivity index (χ4n) is 3.90. The van der Waals surface area contributed by atoms with E-state index in [1.54, 1.807) is 21.3 Å². The lowest BCUT2D eigenvalue weighted by Crippen LogP contribution is -2.47. The fourth-order valence-corrected chi connectivity index (χ4v) is 3.90. The first-order valence-electron chi connectivity index (χ1n) is 8.90. The van der Waals surface area contributed by atoms with E-state index in [9.17, 15) is 0 Å². The molecule has 144 valence electrons. The molecule has 2 aromatic rings. The second-order valence-electron chi connectivity index (χ2n) is 6.94. The molecule has 0 bridgehead atoms. The molecule has 0 aromatic heterocycles. The summed E-state index contributed by atoms with van der Waals surface area (Å²) in [5, 5.41) is 0. The molecule has 0 unspecified atom stereocenters. The van der Waals surface area contributed by atoms with E-state index in [0.717, 1.165) is 34.1 Å². The van der Waals surface area contributed by atoms with E-state index in [2.05, 4.69) is 6.92 Å². The van der Waals surface area contributed by atoms with Gasteiger partial charge in [0, 0.05) is 43.1 Å². The van der Waals surface area contributed by atoms with Gasteiger partial charge in [0.2, 0.25) is 12.6 Å². The Morgan fingerprint density at radius 2 is 1.67 bits per heavy atom. The van der Waals surface area contributed by atoms with Gasteiger partial charge >= 0.3 is 0 Å². The van der Waals surface area contributed by atoms with E-state index < -0.39 is 5.79 Å². The molecule has 0 aliphatic carbocycles. The Morgan fingerprint density at radius 1 is 0.926 bits per heavy atom. The standard InChI is InChI=1S/C21H24O6/c1-12-20(14-8-13(22-3)6-7-16(14)23-4)15-9-18-19(26-11-25-18)10-17(15)27-21(12,2)24-5/h6-10,12,20H,11H2,1-5H3/t12-,20-,21-/m1/s1. The lowest BCUT2D eigenvalue weighted by Gasteiger charge is -2.44. The Hall–Kier alpha value is -2.60. The number of methoxy groups -OCH3 is 3. The Kier molecular flexibility index (Phi) is 4.30. The van der Waals surface area contributed by atoms with Gasteiger partial charge < -0.3 is 28.4 Å². The van der Waals surface area contributed by atoms with Gasteiger partial charge in [-0.05, 0) is 24.3 Å². The van der Waals surface area contributed by atoms with Crippen LogP contribution in [-0.4, -0.2) is 33.9 Å². The zero-order chi connectivity index (χ0) is 19.2. The van der Waals surface area contributed by atoms with E-state index in [1.807, 2.05) is 37.3 Å². The molecule has 2 heterocycles. The Labute approximate surface area is 158 Å². The molecule has 2 aliphatic rings. The zero-order valence-corrected chi connectivity index (χ0v) is 16.2. The summed E-state index contributed by atoms with van der Waals surface area (Å²) in [6.07, 6.45) is 0. The van der Waals surface area contributed by atoms with Crippen LogP contribution in [0, 0.1) is 5.92 Å². The van der Waals surface area contributed by atoms with Gasteiger partial charge in [-0.2, -0.15) is 0 Å². The van der Waals surface area contributed by atoms with Crippen LogP contribution in [0.2, 0.25) is 0 Å². The van der Waals surface area contributed by atoms with Gasteiger partial charge in [0.15, 0.2) is 11.5 Å². The third-order valence-electron chi connectivity index (χ3n) is 5.66. The molecule has 6 nitrogen and oxygen atoms in total. The summed E-state index contributed by atoms with van der Waals surface area (Å²) in [4.78, 5) is 0. The third kappa shape index (κ3) is 2.75. The van der Waals surface area contributed by atoms with Crippen LogP contribution >= 0.6 is 0 Å². The van der Waals surface area contributed by atoms with Crippen LogP contribution in [0.1, 0.15) is 30.9 Å². The number of ether oxygens (including phenoxy) is 6. The van der Waals surface area contributed by atoms with Crippen molar-refractivity contribution < 1.29 is 28.4 Å². The molecule has 0 radical (unpaired) electrons. The SMILES string of the molecule is COc1ccc(OC)c([C@@H]2c3cc4c(cc3O[C@@](C)(OC)[C@@H]2C)OCO4)c1. The zero-order valence-electron chi connectivity index (χ0n) is 16.2. The van der Waals surface area contributed by atoms with Gasteiger partial charge in [0.1, 0.15) is 17.2 Å². The molecule has 0 saturated carbocycles. The van der Waals surface area contributed by atoms with E-state index in [0.29, 0.717) is 5.75 Å². The highest BCUT2D eigenvalue weighted by atomic mass is 16.7. The predicted octanol–water partition coefficient (Wildman–Crippen LogP) is 3.96. The first kappa shape index (κ1) is 17.8. The van der Waals surface area contributed by atoms with Gasteiger partial charge in [-0.1, -0.05) is 6.92 Å². The summed E-state index contributed by atoms with van der Waals surface area (Å²) in [7, 11) is 4.99. The van der Waals surface area contributed by atoms with Crippen molar-refractivity contribution >= 4 is 0 Å². The average molecular weight is 372 g/mol. The number of fused-ring (bicyclic) bond motifs is 2. The maximum absolute atomic E-state index is 6.26. The van der Waals surface area contributed by atoms with E-state index in [-0.39, 0.29) is 18.6 Å². The maximum Gasteiger partial charge on any atom is 0.231 e. The highest BCUT2D eigenvalue weighted by Gasteiger charge is 2.47. The molecule has 0 spiro atoms. The van der Waals surface area contributed by atoms with Gasteiger partial charge in [-0.25, -0.2) is 0 Å². The second kappa shape index (κ2) is 6.53. The van der Waals surface area contributed by atoms with Crippen LogP contribution in [-0.2, 0) is 4.74 Å². The van der Waals surface area contributed by atoms with Crippen molar-refractivity contribution in [2.75, 3.05) is 28.1 Å². The highest BCUT2D eigenvalue weighted by Crippen LogP contribution is 2.53. The minimum atomic E-state index is -0.806. The summed E-state index contributed by atoms with van der Waals surface area (Å²) in [5.74, 6) is 2.82. The summed E-state index contributed by atoms with van der Waals surface area (Å²) in [5.41, 5.74) is 2.02. The highest BCUT2D eigenvalue weighted by molar-refractivity contribution is 5.58. The molecule has 4 rings (SSSR count). The molecule has 3 atom stereocenters. The monoisotopic (exact) mass is 372 g/mol. The number of hydrogen-bond donors (Lipinski definition) is 0. The largest absolute Gasteiger partial charge is 0.497 e. The van der Waals surface area contributed by atoms with Crippen molar-refractivity contribution in [3.63, 3.8) is 0 Å². The molecule has 0 saturated heterocycles. The van der Waals surface area contributed by atoms with Crippen molar-refractivity contribution in [3.05, 3.63) is 41.5 Å². The van der Waals surface area contributed by atoms with Gasteiger partial charge in [0.25, 0.3) is 0 Å². The smallest absolute Gasteiger partial charge is 0.231 e. The third-order valence-corrected chi connectivity index (χ3v) is 5.66. The van der Waals surface area contributed by atoms with Gasteiger partial charge in [0.05, 0.1) is 14.2 Å². The van der Waals surface area contributed by atoms with Crippen molar-refractivity contribution in [2.45, 2.75) is 25.6 Å². The summed E-state index contributed by atoms with van der Waals surface area (Å²) < 4.78 is 34.3. The first-order chi connectivity index (χ1) is 13.0. The van der Waals surface area contributed by atoms with E-state index in [1.165, 1.54) is 0 Å². The number of hydrogen-bond acceptors (Lipinski definition) is 6. The van der Waals surface area contributed by atoms with Crippen molar-refractivity contribution in [1.82, 2.24) is 0 Å². The predicted molar refractivity (Wildman–Crippen MR) is 99.2 cm³/mol. The van der Waals surface area contributed by atoms with Crippen LogP contribution in [0.5, 0.6) is 28.7 Å². The Bertz CT molecular complexity index is 864. The Balaban J connectivity index is 1.94. The quantitative estimate of drug-likeness (QED) is 0.810. The fraction of sp³-hybridized carbons (Fsp3) is 0.429. The van der Waals surface area contributed by atoms with Crippen molar-refractivity contribution in [1.29, 1.82) is 0 Å². The molecule has 2 aliphatic heterocycles. The minimum Gasteiger partial charge on any atom is -0.497 e. The molecular weight excluding hydrogens is 348 g/mol. The van der Waals surface area contributed by atoms with Crippen LogP contribution < -0.4 is 23.7 Å². The molecule has 0 amide bonds. The first-order valence-corrected chi connectivity index (χ1v) is 8.90. The molecule has 2 aromatic carbocycles. The van der Waals surface area contributed by atoms with Gasteiger partial charge in [-0.3, -0.25) is 0 Å². The number of rotatable bonds is 4. The molecule has 27 heavy (non-hydrogen) atoms. The Morgan fingerprint density at radius 3 is 2.33 bits per heavy atom. The summed E-state index contributed by atoms with van der Waals surface area (Å²) >= 11 is 0. The topological polar surface area (TPSA) is 55.4 Å². The van der Waals surface area contributed by atoms with Crippen LogP contribution in [0.3, 0.4) is 0 Å². The normalized spacial score (nSPS) is 25.5. The molecule has 0 fully saturated rings. The molecule has 0 N–H and O–H groups in total. The maximum atomic E-state index is 6.26. The molecule has 6 heteroatoms. The summed E-state index contributed by atoms with van der Waals surface area (Å²) in [6, 6.07) is 9.69. The number of benzene rings is 2. The minimum absolute atomic E-state index is 0.00335. The lowest BCUT2D eigenvalue weighted by molar-refractivity contribution is -0.194. The van der Waals surface area contributed by atoms with Crippen LogP contribution in [0.15, 0.2) is 30.3 Å². The molecular formula is C21H24O6. The second-order valence-corrected chi connectivity index (χ2v) is 6.94. The van der Waals surface area contributed by atoms with Crippen molar-refractivity contribution in [3.8, 4) is 28.7 Å². The average Bonchev–Trinajstić information content (AvgIpc) is 3.14. The van der Waals surface area contributed by atoms with Crippen LogP contribution in [0.25, 0.3) is 0 Å². The van der Waals surface area contributed by atoms with Gasteiger partial charge in [-0.15, -0.1) is 0 Å². The van der Waals surface area contributed by atoms with E-state index in [4.69, 9.17) is 28.4 Å². The van der Waals surface area contributed by atoms with Crippen molar-refractivity contribution in [2.24, 2.45) is 5.92 Å². The summed E-state index contributed by atoms with van der Waals surface area (Å²) in [6.45, 7) is 4.27. The lowest BCUT2D eigenvalue weighted by atomic mass is 9.75.